The summed E-state index contributed by atoms with van der Waals surface area (Å²) in [6.07, 6.45) is 0. The maximum absolute atomic E-state index is 13.2. The number of nitrogens with one attached hydrogen (secondary N) is 2. The molecule has 0 fully saturated rings. The first-order valence-electron chi connectivity index (χ1n) is 11.6. The Bertz CT molecular complexity index is 1610. The van der Waals surface area contributed by atoms with Crippen molar-refractivity contribution in [2.75, 3.05) is 17.1 Å². The van der Waals surface area contributed by atoms with Crippen molar-refractivity contribution in [1.29, 1.82) is 0 Å². The van der Waals surface area contributed by atoms with Crippen LogP contribution in [0, 0.1) is 0 Å². The smallest absolute Gasteiger partial charge is 0.370 e. The molecule has 12 nitrogen and oxygen atoms in total. The number of alkyl halides is 2. The summed E-state index contributed by atoms with van der Waals surface area (Å²) in [6.45, 7) is -0.272. The van der Waals surface area contributed by atoms with E-state index in [-0.39, 0.29) is 46.0 Å². The molecular weight excluding hydrogens is 569 g/mol. The van der Waals surface area contributed by atoms with Crippen LogP contribution in [-0.2, 0) is 31.3 Å². The number of carbonyl (C=O) groups excluding carboxylic acids is 4. The summed E-state index contributed by atoms with van der Waals surface area (Å²) >= 11 is 11.1. The number of anilines is 1. The fraction of sp³-hybridized carbons (Fsp3) is 0.154. The summed E-state index contributed by atoms with van der Waals surface area (Å²) in [7, 11) is 0. The average Bonchev–Trinajstić information content (AvgIpc) is 3.24. The van der Waals surface area contributed by atoms with Crippen LogP contribution in [-0.4, -0.2) is 45.7 Å². The first-order valence-corrected chi connectivity index (χ1v) is 12.6. The summed E-state index contributed by atoms with van der Waals surface area (Å²) in [5.41, 5.74) is 6.45. The molecule has 3 aromatic rings. The van der Waals surface area contributed by atoms with Gasteiger partial charge in [0.1, 0.15) is 34.6 Å². The van der Waals surface area contributed by atoms with Gasteiger partial charge >= 0.3 is 11.9 Å². The molecule has 1 spiro atoms. The van der Waals surface area contributed by atoms with E-state index >= 15 is 0 Å². The molecule has 2 aliphatic heterocycles. The molecule has 1 unspecified atom stereocenters. The quantitative estimate of drug-likeness (QED) is 0.128. The van der Waals surface area contributed by atoms with Crippen LogP contribution in [0.25, 0.3) is 0 Å². The molecule has 40 heavy (non-hydrogen) atoms. The van der Waals surface area contributed by atoms with Crippen LogP contribution >= 0.6 is 23.2 Å². The van der Waals surface area contributed by atoms with Gasteiger partial charge in [-0.05, 0) is 18.2 Å². The van der Waals surface area contributed by atoms with Crippen LogP contribution in [0.5, 0.6) is 23.0 Å². The minimum Gasteiger partial charge on any atom is -0.507 e. The first kappa shape index (κ1) is 27.1. The Balaban J connectivity index is 1.83. The standard InChI is InChI=1S/C26H19Cl2N3O9/c27-8-18(34)30-22-12(10-29)21-17(7-16(22)33)38-23-14(26(21)13-4-2-1-3-11(13)24(36)39-26)5-6-15(32)20(23)25(37)40-31-19(35)9-28/h1-7,32-33H,8-10,29H2,(H,30,34)(H,31,35). The van der Waals surface area contributed by atoms with Gasteiger partial charge in [0, 0.05) is 29.3 Å². The highest BCUT2D eigenvalue weighted by Crippen LogP contribution is 2.60. The molecule has 1 atom stereocenters. The second-order valence-corrected chi connectivity index (χ2v) is 9.15. The van der Waals surface area contributed by atoms with E-state index in [1.165, 1.54) is 12.1 Å². The van der Waals surface area contributed by atoms with Gasteiger partial charge in [0.25, 0.3) is 5.91 Å². The van der Waals surface area contributed by atoms with Gasteiger partial charge in [0.15, 0.2) is 11.4 Å². The highest BCUT2D eigenvalue weighted by molar-refractivity contribution is 6.29. The Morgan fingerprint density at radius 1 is 1.00 bits per heavy atom. The lowest BCUT2D eigenvalue weighted by Crippen LogP contribution is -2.36. The Hall–Kier alpha value is -4.52. The molecule has 2 amide bonds. The van der Waals surface area contributed by atoms with E-state index in [1.54, 1.807) is 18.2 Å². The van der Waals surface area contributed by atoms with Gasteiger partial charge in [0.05, 0.1) is 16.8 Å². The van der Waals surface area contributed by atoms with Crippen molar-refractivity contribution in [1.82, 2.24) is 5.48 Å². The number of aromatic hydroxyl groups is 2. The molecule has 14 heteroatoms. The van der Waals surface area contributed by atoms with E-state index in [2.05, 4.69) is 5.32 Å². The van der Waals surface area contributed by atoms with Crippen LogP contribution in [0.2, 0.25) is 0 Å². The third kappa shape index (κ3) is 4.04. The molecule has 0 aliphatic carbocycles. The molecule has 0 saturated carbocycles. The number of benzene rings is 3. The minimum atomic E-state index is -1.82. The monoisotopic (exact) mass is 587 g/mol. The molecule has 0 aromatic heterocycles. The molecule has 206 valence electrons. The third-order valence-corrected chi connectivity index (χ3v) is 6.88. The number of hydrogen-bond donors (Lipinski definition) is 5. The predicted molar refractivity (Wildman–Crippen MR) is 140 cm³/mol. The number of esters is 1. The van der Waals surface area contributed by atoms with E-state index < -0.39 is 58.2 Å². The molecule has 0 saturated heterocycles. The largest absolute Gasteiger partial charge is 0.507 e. The Morgan fingerprint density at radius 2 is 1.73 bits per heavy atom. The van der Waals surface area contributed by atoms with E-state index in [1.807, 2.05) is 5.48 Å². The number of hydroxylamine groups is 1. The van der Waals surface area contributed by atoms with Gasteiger partial charge in [-0.1, -0.05) is 18.2 Å². The van der Waals surface area contributed by atoms with Crippen molar-refractivity contribution in [3.63, 3.8) is 0 Å². The third-order valence-electron chi connectivity index (χ3n) is 6.40. The van der Waals surface area contributed by atoms with Crippen molar-refractivity contribution in [3.05, 3.63) is 75.8 Å². The summed E-state index contributed by atoms with van der Waals surface area (Å²) in [4.78, 5) is 54.8. The van der Waals surface area contributed by atoms with Crippen molar-refractivity contribution in [2.45, 2.75) is 12.1 Å². The number of fused-ring (bicyclic) bond motifs is 6. The predicted octanol–water partition coefficient (Wildman–Crippen LogP) is 2.73. The van der Waals surface area contributed by atoms with Crippen molar-refractivity contribution in [2.24, 2.45) is 5.73 Å². The highest BCUT2D eigenvalue weighted by Gasteiger charge is 2.56. The van der Waals surface area contributed by atoms with E-state index in [0.717, 1.165) is 12.1 Å². The van der Waals surface area contributed by atoms with Crippen molar-refractivity contribution >= 4 is 52.6 Å². The van der Waals surface area contributed by atoms with E-state index in [9.17, 15) is 29.4 Å². The normalized spacial score (nSPS) is 16.2. The van der Waals surface area contributed by atoms with Crippen LogP contribution in [0.15, 0.2) is 42.5 Å². The molecule has 2 aliphatic rings. The van der Waals surface area contributed by atoms with Gasteiger partial charge in [-0.15, -0.1) is 23.2 Å². The maximum Gasteiger partial charge on any atom is 0.370 e. The zero-order valence-electron chi connectivity index (χ0n) is 20.2. The lowest BCUT2D eigenvalue weighted by molar-refractivity contribution is -0.127. The van der Waals surface area contributed by atoms with Crippen LogP contribution in [0.1, 0.15) is 43.0 Å². The fourth-order valence-electron chi connectivity index (χ4n) is 4.86. The van der Waals surface area contributed by atoms with E-state index in [4.69, 9.17) is 43.2 Å². The lowest BCUT2D eigenvalue weighted by Gasteiger charge is -2.39. The number of rotatable bonds is 5. The average molecular weight is 588 g/mol. The fourth-order valence-corrected chi connectivity index (χ4v) is 4.98. The number of phenolic OH excluding ortho intramolecular Hbond substituents is 2. The van der Waals surface area contributed by atoms with Crippen LogP contribution < -0.4 is 21.3 Å². The zero-order chi connectivity index (χ0) is 28.8. The number of ether oxygens (including phenoxy) is 2. The van der Waals surface area contributed by atoms with Gasteiger partial charge in [0.2, 0.25) is 5.91 Å². The second-order valence-electron chi connectivity index (χ2n) is 8.61. The Morgan fingerprint density at radius 3 is 2.42 bits per heavy atom. The summed E-state index contributed by atoms with van der Waals surface area (Å²) < 4.78 is 12.1. The number of nitrogens with two attached hydrogens (primary N) is 1. The van der Waals surface area contributed by atoms with Gasteiger partial charge in [-0.2, -0.15) is 5.48 Å². The molecule has 2 heterocycles. The lowest BCUT2D eigenvalue weighted by atomic mass is 9.74. The van der Waals surface area contributed by atoms with Crippen molar-refractivity contribution < 1.29 is 43.7 Å². The summed E-state index contributed by atoms with van der Waals surface area (Å²) in [6, 6.07) is 10.1. The second kappa shape index (κ2) is 10.2. The summed E-state index contributed by atoms with van der Waals surface area (Å²) in [5.74, 6) is -5.79. The minimum absolute atomic E-state index is 0.0825. The number of phenols is 2. The van der Waals surface area contributed by atoms with Crippen LogP contribution in [0.4, 0.5) is 5.69 Å². The van der Waals surface area contributed by atoms with Crippen LogP contribution in [0.3, 0.4) is 0 Å². The van der Waals surface area contributed by atoms with Gasteiger partial charge in [-0.25, -0.2) is 9.59 Å². The zero-order valence-corrected chi connectivity index (χ0v) is 21.8. The summed E-state index contributed by atoms with van der Waals surface area (Å²) in [5, 5.41) is 24.0. The first-order chi connectivity index (χ1) is 19.2. The SMILES string of the molecule is NCc1c(NC(=O)CCl)c(O)cc2c1C1(OC(=O)c3ccccc31)c1ccc(O)c(C(=O)ONC(=O)CCl)c1O2. The number of hydrogen-bond acceptors (Lipinski definition) is 10. The van der Waals surface area contributed by atoms with Gasteiger partial charge < -0.3 is 35.6 Å². The Kier molecular flexibility index (Phi) is 6.92. The molecule has 0 radical (unpaired) electrons. The Labute approximate surface area is 235 Å². The molecule has 3 aromatic carbocycles. The molecular formula is C26H19Cl2N3O9. The molecule has 5 rings (SSSR count). The van der Waals surface area contributed by atoms with Crippen molar-refractivity contribution in [3.8, 4) is 23.0 Å². The number of halogens is 2. The highest BCUT2D eigenvalue weighted by atomic mass is 35.5. The topological polar surface area (TPSA) is 187 Å². The molecule has 6 N–H and O–H groups in total. The number of carbonyl (C=O) groups is 4. The number of amides is 2. The molecule has 0 bridgehead atoms. The van der Waals surface area contributed by atoms with Gasteiger partial charge in [-0.3, -0.25) is 9.59 Å². The maximum atomic E-state index is 13.2. The van der Waals surface area contributed by atoms with E-state index in [0.29, 0.717) is 5.56 Å².